The van der Waals surface area contributed by atoms with Crippen molar-refractivity contribution in [2.45, 2.75) is 477 Å². The van der Waals surface area contributed by atoms with Crippen LogP contribution in [0.3, 0.4) is 0 Å². The molecule has 0 spiro atoms. The van der Waals surface area contributed by atoms with Crippen molar-refractivity contribution in [1.29, 1.82) is 0 Å². The average molecular weight is 1160 g/mol. The van der Waals surface area contributed by atoms with Gasteiger partial charge in [-0.2, -0.15) is 0 Å². The first-order chi connectivity index (χ1) is 38.8. The van der Waals surface area contributed by atoms with Crippen LogP contribution in [0.15, 0.2) is 0 Å². The first-order valence-electron chi connectivity index (χ1n) is 38.3. The molecule has 0 saturated heterocycles. The van der Waals surface area contributed by atoms with Gasteiger partial charge in [-0.15, -0.1) is 0 Å². The molecular formula is C77H155Br. The summed E-state index contributed by atoms with van der Waals surface area (Å²) in [6.45, 7) is 6.99. The van der Waals surface area contributed by atoms with E-state index in [0.29, 0.717) is 0 Å². The topological polar surface area (TPSA) is 0 Å². The molecule has 0 nitrogen and oxygen atoms in total. The molecule has 0 aromatic rings. The fourth-order valence-corrected chi connectivity index (χ4v) is 13.9. The molecule has 0 aliphatic rings. The van der Waals surface area contributed by atoms with Crippen molar-refractivity contribution in [3.8, 4) is 0 Å². The predicted molar refractivity (Wildman–Crippen MR) is 366 cm³/mol. The van der Waals surface area contributed by atoms with E-state index in [0.717, 1.165) is 11.8 Å². The van der Waals surface area contributed by atoms with E-state index in [9.17, 15) is 0 Å². The van der Waals surface area contributed by atoms with Gasteiger partial charge >= 0.3 is 0 Å². The van der Waals surface area contributed by atoms with Crippen LogP contribution in [0, 0.1) is 11.8 Å². The number of halogens is 1. The summed E-state index contributed by atoms with van der Waals surface area (Å²) in [6.07, 6.45) is 106. The Balaban J connectivity index is 4.75. The lowest BCUT2D eigenvalue weighted by atomic mass is 9.86. The lowest BCUT2D eigenvalue weighted by molar-refractivity contribution is 0.337. The van der Waals surface area contributed by atoms with Crippen LogP contribution in [0.1, 0.15) is 477 Å². The van der Waals surface area contributed by atoms with Crippen molar-refractivity contribution in [2.75, 3.05) is 5.33 Å². The maximum atomic E-state index is 3.58. The fraction of sp³-hybridized carbons (Fsp3) is 1.00. The largest absolute Gasteiger partial charge is 0.0928 e. The molecule has 0 heterocycles. The minimum absolute atomic E-state index is 1.01. The van der Waals surface area contributed by atoms with Crippen LogP contribution in [0.4, 0.5) is 0 Å². The quantitative estimate of drug-likeness (QED) is 0.0421. The Morgan fingerprint density at radius 3 is 0.372 bits per heavy atom. The van der Waals surface area contributed by atoms with Gasteiger partial charge in [0.25, 0.3) is 0 Å². The molecular weight excluding hydrogens is 1000 g/mol. The van der Waals surface area contributed by atoms with E-state index < -0.39 is 0 Å². The molecule has 0 bridgehead atoms. The van der Waals surface area contributed by atoms with Crippen LogP contribution >= 0.6 is 15.9 Å². The van der Waals surface area contributed by atoms with E-state index in [1.807, 2.05) is 0 Å². The predicted octanol–water partition coefficient (Wildman–Crippen LogP) is 30.4. The summed E-state index contributed by atoms with van der Waals surface area (Å²) in [5.74, 6) is 2.03. The highest BCUT2D eigenvalue weighted by Gasteiger charge is 2.13. The molecule has 1 unspecified atom stereocenters. The second-order valence-corrected chi connectivity index (χ2v) is 27.9. The van der Waals surface area contributed by atoms with Crippen molar-refractivity contribution < 1.29 is 0 Å². The Bertz CT molecular complexity index is 838. The monoisotopic (exact) mass is 1160 g/mol. The van der Waals surface area contributed by atoms with Crippen LogP contribution in [0.25, 0.3) is 0 Å². The first kappa shape index (κ1) is 78.5. The number of rotatable bonds is 73. The number of alkyl halides is 1. The summed E-state index contributed by atoms with van der Waals surface area (Å²) in [7, 11) is 0. The Labute approximate surface area is 506 Å². The second-order valence-electron chi connectivity index (χ2n) is 27.1. The molecule has 1 atom stereocenters. The summed E-state index contributed by atoms with van der Waals surface area (Å²) in [4.78, 5) is 0. The molecule has 0 aliphatic carbocycles. The second kappa shape index (κ2) is 73.6. The van der Waals surface area contributed by atoms with Gasteiger partial charge in [-0.25, -0.2) is 0 Å². The molecule has 0 radical (unpaired) electrons. The third-order valence-corrected chi connectivity index (χ3v) is 19.7. The lowest BCUT2D eigenvalue weighted by Gasteiger charge is -2.20. The molecule has 0 aliphatic heterocycles. The van der Waals surface area contributed by atoms with Gasteiger partial charge in [0.1, 0.15) is 0 Å². The average Bonchev–Trinajstić information content (AvgIpc) is 3.45. The van der Waals surface area contributed by atoms with Gasteiger partial charge in [-0.1, -0.05) is 486 Å². The van der Waals surface area contributed by atoms with Gasteiger partial charge in [0.2, 0.25) is 0 Å². The Hall–Kier alpha value is 0.480. The van der Waals surface area contributed by atoms with Crippen molar-refractivity contribution >= 4 is 15.9 Å². The number of hydrogen-bond donors (Lipinski definition) is 0. The van der Waals surface area contributed by atoms with E-state index >= 15 is 0 Å². The van der Waals surface area contributed by atoms with Crippen LogP contribution in [0.5, 0.6) is 0 Å². The summed E-state index contributed by atoms with van der Waals surface area (Å²) in [6, 6.07) is 0. The highest BCUT2D eigenvalue weighted by molar-refractivity contribution is 9.09. The Kier molecular flexibility index (Phi) is 74.0. The molecule has 0 fully saturated rings. The molecule has 0 aromatic heterocycles. The first-order valence-corrected chi connectivity index (χ1v) is 39.5. The van der Waals surface area contributed by atoms with Gasteiger partial charge in [-0.05, 0) is 18.3 Å². The zero-order chi connectivity index (χ0) is 56.1. The minimum atomic E-state index is 1.01. The molecule has 470 valence electrons. The molecule has 0 N–H and O–H groups in total. The standard InChI is InChI=1S/C77H155Br/c1-4-7-10-13-16-19-22-25-28-32-37-42-47-52-57-62-69-76(70-63-58-53-48-43-38-33-29-26-23-20-17-14-11-8-5-2)73-66-67-74-77(71-64-59-54-49-44-39-34-30-27-24-21-18-15-12-9-6-3)72-65-60-55-50-45-40-35-31-36-41-46-51-56-61-68-75-78/h76-77H,4-75H2,1-3H3. The van der Waals surface area contributed by atoms with Crippen LogP contribution in [-0.2, 0) is 0 Å². The molecule has 78 heavy (non-hydrogen) atoms. The van der Waals surface area contributed by atoms with Crippen LogP contribution in [0.2, 0.25) is 0 Å². The summed E-state index contributed by atoms with van der Waals surface area (Å²) in [5.41, 5.74) is 0. The van der Waals surface area contributed by atoms with Gasteiger partial charge in [0.05, 0.1) is 0 Å². The smallest absolute Gasteiger partial charge is 0.00313 e. The zero-order valence-electron chi connectivity index (χ0n) is 55.4. The van der Waals surface area contributed by atoms with E-state index in [4.69, 9.17) is 0 Å². The van der Waals surface area contributed by atoms with E-state index in [-0.39, 0.29) is 0 Å². The summed E-state index contributed by atoms with van der Waals surface area (Å²) < 4.78 is 0. The Morgan fingerprint density at radius 2 is 0.244 bits per heavy atom. The SMILES string of the molecule is CCCCCCCCCCCCCCCCCCC(CCCCCCCCCCCCCCCCCC)CCCCC(CCCCCCCCCCCCCCCCCC)CCCCCCCCCCCCCCCCCBr. The molecule has 0 saturated carbocycles. The van der Waals surface area contributed by atoms with E-state index in [1.165, 1.54) is 448 Å². The summed E-state index contributed by atoms with van der Waals surface area (Å²) in [5, 5.41) is 1.19. The normalized spacial score (nSPS) is 12.3. The molecule has 0 rings (SSSR count). The molecule has 1 heteroatoms. The van der Waals surface area contributed by atoms with Gasteiger partial charge in [0.15, 0.2) is 0 Å². The Morgan fingerprint density at radius 1 is 0.141 bits per heavy atom. The lowest BCUT2D eigenvalue weighted by Crippen LogP contribution is -2.04. The van der Waals surface area contributed by atoms with Gasteiger partial charge < -0.3 is 0 Å². The molecule has 0 amide bonds. The molecule has 0 aromatic carbocycles. The van der Waals surface area contributed by atoms with Crippen molar-refractivity contribution in [3.63, 3.8) is 0 Å². The number of unbranched alkanes of at least 4 members (excludes halogenated alkanes) is 60. The van der Waals surface area contributed by atoms with Crippen molar-refractivity contribution in [1.82, 2.24) is 0 Å². The maximum Gasteiger partial charge on any atom is 0.00313 e. The number of hydrogen-bond acceptors (Lipinski definition) is 0. The zero-order valence-corrected chi connectivity index (χ0v) is 57.0. The van der Waals surface area contributed by atoms with Gasteiger partial charge in [0, 0.05) is 5.33 Å². The van der Waals surface area contributed by atoms with E-state index in [2.05, 4.69) is 36.7 Å². The van der Waals surface area contributed by atoms with Crippen LogP contribution < -0.4 is 0 Å². The summed E-state index contributed by atoms with van der Waals surface area (Å²) >= 11 is 3.58. The fourth-order valence-electron chi connectivity index (χ4n) is 13.5. The minimum Gasteiger partial charge on any atom is -0.0928 e. The van der Waals surface area contributed by atoms with E-state index in [1.54, 1.807) is 12.8 Å². The highest BCUT2D eigenvalue weighted by Crippen LogP contribution is 2.29. The van der Waals surface area contributed by atoms with Crippen LogP contribution in [-0.4, -0.2) is 5.33 Å². The maximum absolute atomic E-state index is 3.58. The van der Waals surface area contributed by atoms with Crippen molar-refractivity contribution in [2.24, 2.45) is 11.8 Å². The third kappa shape index (κ3) is 69.0. The van der Waals surface area contributed by atoms with Crippen molar-refractivity contribution in [3.05, 3.63) is 0 Å². The van der Waals surface area contributed by atoms with Gasteiger partial charge in [-0.3, -0.25) is 0 Å². The highest BCUT2D eigenvalue weighted by atomic mass is 79.9. The third-order valence-electron chi connectivity index (χ3n) is 19.1.